The van der Waals surface area contributed by atoms with Crippen LogP contribution in [0.5, 0.6) is 11.6 Å². The van der Waals surface area contributed by atoms with Crippen LogP contribution >= 0.6 is 11.6 Å². The van der Waals surface area contributed by atoms with Crippen molar-refractivity contribution in [2.24, 2.45) is 5.18 Å². The fourth-order valence-electron chi connectivity index (χ4n) is 3.16. The minimum atomic E-state index is -0.170. The van der Waals surface area contributed by atoms with Gasteiger partial charge in [0.2, 0.25) is 5.88 Å². The Balaban J connectivity index is 1.55. The van der Waals surface area contributed by atoms with Crippen molar-refractivity contribution in [1.82, 2.24) is 4.57 Å². The van der Waals surface area contributed by atoms with Crippen molar-refractivity contribution in [3.63, 3.8) is 0 Å². The molecule has 3 aromatic carbocycles. The van der Waals surface area contributed by atoms with Crippen LogP contribution in [-0.2, 0) is 13.2 Å². The first-order valence-corrected chi connectivity index (χ1v) is 9.13. The number of nitroso groups, excluding NO2 is 1. The third kappa shape index (κ3) is 3.57. The first kappa shape index (κ1) is 18.1. The van der Waals surface area contributed by atoms with E-state index in [2.05, 4.69) is 5.18 Å². The first-order chi connectivity index (χ1) is 13.7. The van der Waals surface area contributed by atoms with Gasteiger partial charge in [0.1, 0.15) is 12.4 Å². The molecule has 0 unspecified atom stereocenters. The van der Waals surface area contributed by atoms with Crippen LogP contribution in [0.3, 0.4) is 0 Å². The predicted octanol–water partition coefficient (Wildman–Crippen LogP) is 6.03. The molecule has 0 amide bonds. The molecule has 140 valence electrons. The Morgan fingerprint density at radius 3 is 2.43 bits per heavy atom. The molecule has 0 aliphatic heterocycles. The number of aromatic nitrogens is 1. The van der Waals surface area contributed by atoms with Gasteiger partial charge in [0.05, 0.1) is 12.1 Å². The average Bonchev–Trinajstić information content (AvgIpc) is 2.98. The van der Waals surface area contributed by atoms with E-state index in [1.807, 2.05) is 54.6 Å². The lowest BCUT2D eigenvalue weighted by Crippen LogP contribution is -1.99. The van der Waals surface area contributed by atoms with Crippen molar-refractivity contribution in [3.05, 3.63) is 93.9 Å². The molecule has 6 heteroatoms. The topological polar surface area (TPSA) is 63.8 Å². The number of fused-ring (bicyclic) bond motifs is 1. The van der Waals surface area contributed by atoms with Gasteiger partial charge in [-0.1, -0.05) is 54.1 Å². The lowest BCUT2D eigenvalue weighted by molar-refractivity contribution is 0.306. The van der Waals surface area contributed by atoms with Crippen LogP contribution in [0.15, 0.2) is 78.0 Å². The van der Waals surface area contributed by atoms with Crippen LogP contribution < -0.4 is 4.74 Å². The van der Waals surface area contributed by atoms with E-state index in [9.17, 15) is 10.0 Å². The predicted molar refractivity (Wildman–Crippen MR) is 110 cm³/mol. The summed E-state index contributed by atoms with van der Waals surface area (Å²) in [5.74, 6) is 0.591. The maximum Gasteiger partial charge on any atom is 0.222 e. The number of nitrogens with zero attached hydrogens (tertiary/aromatic N) is 2. The van der Waals surface area contributed by atoms with Crippen molar-refractivity contribution in [1.29, 1.82) is 0 Å². The van der Waals surface area contributed by atoms with Crippen LogP contribution in [-0.4, -0.2) is 9.67 Å². The standard InChI is InChI=1S/C22H17ClN2O3/c23-17-8-11-20-19(12-17)21(24-27)22(26)25(20)13-15-6-9-18(10-7-15)28-14-16-4-2-1-3-5-16/h1-12,26H,13-14H2. The Morgan fingerprint density at radius 1 is 0.964 bits per heavy atom. The second-order valence-corrected chi connectivity index (χ2v) is 6.87. The third-order valence-electron chi connectivity index (χ3n) is 4.58. The Hall–Kier alpha value is -3.31. The zero-order valence-electron chi connectivity index (χ0n) is 14.9. The van der Waals surface area contributed by atoms with Gasteiger partial charge in [0.25, 0.3) is 0 Å². The Bertz CT molecular complexity index is 1120. The molecule has 0 atom stereocenters. The maximum absolute atomic E-state index is 11.2. The van der Waals surface area contributed by atoms with Gasteiger partial charge in [0.15, 0.2) is 5.69 Å². The Kier molecular flexibility index (Phi) is 5.00. The van der Waals surface area contributed by atoms with Gasteiger partial charge >= 0.3 is 0 Å². The Labute approximate surface area is 166 Å². The molecular formula is C22H17ClN2O3. The van der Waals surface area contributed by atoms with E-state index >= 15 is 0 Å². The molecule has 4 rings (SSSR count). The summed E-state index contributed by atoms with van der Waals surface area (Å²) < 4.78 is 7.44. The van der Waals surface area contributed by atoms with Gasteiger partial charge in [-0.25, -0.2) is 0 Å². The number of ether oxygens (including phenoxy) is 1. The number of benzene rings is 3. The van der Waals surface area contributed by atoms with Crippen molar-refractivity contribution in [3.8, 4) is 11.6 Å². The molecule has 1 N–H and O–H groups in total. The first-order valence-electron chi connectivity index (χ1n) is 8.75. The van der Waals surface area contributed by atoms with E-state index in [1.54, 1.807) is 22.8 Å². The summed E-state index contributed by atoms with van der Waals surface area (Å²) in [6, 6.07) is 22.7. The second-order valence-electron chi connectivity index (χ2n) is 6.43. The number of halogens is 1. The van der Waals surface area contributed by atoms with Crippen molar-refractivity contribution >= 4 is 28.2 Å². The van der Waals surface area contributed by atoms with Crippen LogP contribution in [0.1, 0.15) is 11.1 Å². The minimum Gasteiger partial charge on any atom is -0.493 e. The van der Waals surface area contributed by atoms with Crippen LogP contribution in [0, 0.1) is 4.91 Å². The van der Waals surface area contributed by atoms with Crippen molar-refractivity contribution < 1.29 is 9.84 Å². The number of rotatable bonds is 6. The SMILES string of the molecule is O=Nc1c(O)n(Cc2ccc(OCc3ccccc3)cc2)c2ccc(Cl)cc12. The van der Waals surface area contributed by atoms with Gasteiger partial charge in [-0.3, -0.25) is 0 Å². The molecular weight excluding hydrogens is 376 g/mol. The zero-order valence-corrected chi connectivity index (χ0v) is 15.6. The van der Waals surface area contributed by atoms with Gasteiger partial charge in [-0.15, -0.1) is 4.91 Å². The maximum atomic E-state index is 11.2. The van der Waals surface area contributed by atoms with Crippen LogP contribution in [0.4, 0.5) is 5.69 Å². The highest BCUT2D eigenvalue weighted by molar-refractivity contribution is 6.31. The van der Waals surface area contributed by atoms with Crippen molar-refractivity contribution in [2.75, 3.05) is 0 Å². The molecule has 28 heavy (non-hydrogen) atoms. The second kappa shape index (κ2) is 7.74. The molecule has 0 bridgehead atoms. The highest BCUT2D eigenvalue weighted by Gasteiger charge is 2.18. The monoisotopic (exact) mass is 392 g/mol. The Morgan fingerprint density at radius 2 is 1.71 bits per heavy atom. The lowest BCUT2D eigenvalue weighted by atomic mass is 10.2. The molecule has 0 fully saturated rings. The quantitative estimate of drug-likeness (QED) is 0.408. The fraction of sp³-hybridized carbons (Fsp3) is 0.0909. The van der Waals surface area contributed by atoms with E-state index in [-0.39, 0.29) is 11.6 Å². The summed E-state index contributed by atoms with van der Waals surface area (Å²) in [6.45, 7) is 0.886. The molecule has 1 aromatic heterocycles. The molecule has 0 saturated carbocycles. The van der Waals surface area contributed by atoms with E-state index < -0.39 is 0 Å². The van der Waals surface area contributed by atoms with E-state index in [4.69, 9.17) is 16.3 Å². The number of aromatic hydroxyl groups is 1. The minimum absolute atomic E-state index is 0.000291. The molecule has 4 aromatic rings. The fourth-order valence-corrected chi connectivity index (χ4v) is 3.33. The highest BCUT2D eigenvalue weighted by Crippen LogP contribution is 2.40. The summed E-state index contributed by atoms with van der Waals surface area (Å²) in [4.78, 5) is 11.2. The normalized spacial score (nSPS) is 10.9. The molecule has 0 aliphatic carbocycles. The lowest BCUT2D eigenvalue weighted by Gasteiger charge is -2.09. The van der Waals surface area contributed by atoms with Gasteiger partial charge in [-0.2, -0.15) is 0 Å². The summed E-state index contributed by atoms with van der Waals surface area (Å²) in [5, 5.41) is 14.4. The van der Waals surface area contributed by atoms with Gasteiger partial charge in [0, 0.05) is 10.4 Å². The molecule has 1 heterocycles. The van der Waals surface area contributed by atoms with Gasteiger partial charge < -0.3 is 14.4 Å². The summed E-state index contributed by atoms with van der Waals surface area (Å²) >= 11 is 6.01. The zero-order chi connectivity index (χ0) is 19.5. The largest absolute Gasteiger partial charge is 0.493 e. The van der Waals surface area contributed by atoms with Gasteiger partial charge in [-0.05, 0) is 46.6 Å². The molecule has 5 nitrogen and oxygen atoms in total. The van der Waals surface area contributed by atoms with Crippen LogP contribution in [0.2, 0.25) is 5.02 Å². The molecule has 0 spiro atoms. The summed E-state index contributed by atoms with van der Waals surface area (Å²) in [6.07, 6.45) is 0. The summed E-state index contributed by atoms with van der Waals surface area (Å²) in [5.41, 5.74) is 2.75. The number of hydrogen-bond donors (Lipinski definition) is 1. The van der Waals surface area contributed by atoms with E-state index in [0.29, 0.717) is 29.1 Å². The average molecular weight is 393 g/mol. The molecule has 0 saturated heterocycles. The highest BCUT2D eigenvalue weighted by atomic mass is 35.5. The molecule has 0 aliphatic rings. The number of hydrogen-bond acceptors (Lipinski definition) is 4. The van der Waals surface area contributed by atoms with Crippen LogP contribution in [0.25, 0.3) is 10.9 Å². The third-order valence-corrected chi connectivity index (χ3v) is 4.81. The van der Waals surface area contributed by atoms with Crippen molar-refractivity contribution in [2.45, 2.75) is 13.2 Å². The van der Waals surface area contributed by atoms with E-state index in [0.717, 1.165) is 16.9 Å². The summed E-state index contributed by atoms with van der Waals surface area (Å²) in [7, 11) is 0. The molecule has 0 radical (unpaired) electrons. The smallest absolute Gasteiger partial charge is 0.222 e. The van der Waals surface area contributed by atoms with E-state index in [1.165, 1.54) is 0 Å².